The van der Waals surface area contributed by atoms with E-state index in [1.807, 2.05) is 0 Å². The topological polar surface area (TPSA) is 26.0 Å². The molecule has 18 heavy (non-hydrogen) atoms. The monoisotopic (exact) mass is 275 g/mol. The summed E-state index contributed by atoms with van der Waals surface area (Å²) >= 11 is 1.32. The Labute approximate surface area is 105 Å². The molecule has 1 aromatic heterocycles. The molecule has 2 rings (SSSR count). The van der Waals surface area contributed by atoms with Crippen molar-refractivity contribution in [3.05, 3.63) is 57.5 Å². The van der Waals surface area contributed by atoms with Crippen molar-refractivity contribution in [2.24, 2.45) is 5.73 Å². The maximum absolute atomic E-state index is 13.2. The minimum absolute atomic E-state index is 0.116. The number of rotatable bonds is 2. The predicted octanol–water partition coefficient (Wildman–Crippen LogP) is 3.95. The molecule has 0 aliphatic heterocycles. The van der Waals surface area contributed by atoms with Crippen molar-refractivity contribution in [1.82, 2.24) is 0 Å². The highest BCUT2D eigenvalue weighted by molar-refractivity contribution is 7.10. The first-order chi connectivity index (χ1) is 8.38. The predicted molar refractivity (Wildman–Crippen MR) is 61.8 cm³/mol. The third-order valence-corrected chi connectivity index (χ3v) is 3.41. The summed E-state index contributed by atoms with van der Waals surface area (Å²) in [4.78, 5) is 0.689. The van der Waals surface area contributed by atoms with Crippen molar-refractivity contribution < 1.29 is 17.6 Å². The molecule has 1 atom stereocenters. The Morgan fingerprint density at radius 1 is 1.17 bits per heavy atom. The molecule has 0 bridgehead atoms. The number of halogens is 4. The standard InChI is InChI=1S/C12H9F4NS/c13-9-5-7(4-8(6-9)12(14,15)16)11(17)10-2-1-3-18-10/h1-6,11H,17H2/t11-/m0/s1. The van der Waals surface area contributed by atoms with E-state index >= 15 is 0 Å². The van der Waals surface area contributed by atoms with E-state index in [1.165, 1.54) is 11.3 Å². The second-order valence-electron chi connectivity index (χ2n) is 3.76. The van der Waals surface area contributed by atoms with Gasteiger partial charge in [0, 0.05) is 4.88 Å². The number of benzene rings is 1. The summed E-state index contributed by atoms with van der Waals surface area (Å²) in [6.45, 7) is 0. The largest absolute Gasteiger partial charge is 0.416 e. The molecule has 0 radical (unpaired) electrons. The molecule has 1 heterocycles. The summed E-state index contributed by atoms with van der Waals surface area (Å²) in [6.07, 6.45) is -4.58. The second kappa shape index (κ2) is 4.70. The molecule has 0 aliphatic carbocycles. The van der Waals surface area contributed by atoms with Crippen molar-refractivity contribution in [3.8, 4) is 0 Å². The van der Waals surface area contributed by atoms with Gasteiger partial charge >= 0.3 is 6.18 Å². The van der Waals surface area contributed by atoms with Crippen LogP contribution in [0.25, 0.3) is 0 Å². The minimum Gasteiger partial charge on any atom is -0.320 e. The lowest BCUT2D eigenvalue weighted by Crippen LogP contribution is -2.13. The third-order valence-electron chi connectivity index (χ3n) is 2.46. The first-order valence-corrected chi connectivity index (χ1v) is 5.92. The molecule has 0 aliphatic rings. The van der Waals surface area contributed by atoms with Crippen molar-refractivity contribution in [2.75, 3.05) is 0 Å². The summed E-state index contributed by atoms with van der Waals surface area (Å²) in [6, 6.07) is 5.07. The van der Waals surface area contributed by atoms with Gasteiger partial charge in [0.1, 0.15) is 5.82 Å². The first-order valence-electron chi connectivity index (χ1n) is 5.04. The molecule has 0 saturated carbocycles. The summed E-state index contributed by atoms with van der Waals surface area (Å²) in [5.41, 5.74) is 4.91. The van der Waals surface area contributed by atoms with Crippen LogP contribution in [0.1, 0.15) is 22.0 Å². The number of nitrogens with two attached hydrogens (primary N) is 1. The molecule has 0 amide bonds. The molecular formula is C12H9F4NS. The molecule has 2 N–H and O–H groups in total. The lowest BCUT2D eigenvalue weighted by atomic mass is 10.0. The highest BCUT2D eigenvalue weighted by atomic mass is 32.1. The van der Waals surface area contributed by atoms with Crippen LogP contribution >= 0.6 is 11.3 Å². The average molecular weight is 275 g/mol. The van der Waals surface area contributed by atoms with Crippen molar-refractivity contribution in [3.63, 3.8) is 0 Å². The number of hydrogen-bond acceptors (Lipinski definition) is 2. The van der Waals surface area contributed by atoms with Gasteiger partial charge in [-0.25, -0.2) is 4.39 Å². The normalized spacial score (nSPS) is 13.6. The van der Waals surface area contributed by atoms with Gasteiger partial charge in [-0.2, -0.15) is 13.2 Å². The van der Waals surface area contributed by atoms with Crippen molar-refractivity contribution in [1.29, 1.82) is 0 Å². The lowest BCUT2D eigenvalue weighted by Gasteiger charge is -2.13. The SMILES string of the molecule is N[C@@H](c1cc(F)cc(C(F)(F)F)c1)c1cccs1. The molecular weight excluding hydrogens is 266 g/mol. The van der Waals surface area contributed by atoms with Crippen molar-refractivity contribution in [2.45, 2.75) is 12.2 Å². The van der Waals surface area contributed by atoms with Gasteiger partial charge in [-0.3, -0.25) is 0 Å². The van der Waals surface area contributed by atoms with E-state index in [9.17, 15) is 17.6 Å². The zero-order valence-corrected chi connectivity index (χ0v) is 9.86. The highest BCUT2D eigenvalue weighted by Crippen LogP contribution is 2.33. The average Bonchev–Trinajstić information content (AvgIpc) is 2.79. The molecule has 96 valence electrons. The van der Waals surface area contributed by atoms with Crippen LogP contribution in [-0.2, 0) is 6.18 Å². The third kappa shape index (κ3) is 2.70. The van der Waals surface area contributed by atoms with E-state index in [2.05, 4.69) is 0 Å². The Bertz CT molecular complexity index is 534. The van der Waals surface area contributed by atoms with Gasteiger partial charge in [-0.15, -0.1) is 11.3 Å². The quantitative estimate of drug-likeness (QED) is 0.825. The summed E-state index contributed by atoms with van der Waals surface area (Å²) in [7, 11) is 0. The Hall–Kier alpha value is -1.40. The van der Waals surface area contributed by atoms with E-state index in [0.29, 0.717) is 10.9 Å². The maximum Gasteiger partial charge on any atom is 0.416 e. The lowest BCUT2D eigenvalue weighted by molar-refractivity contribution is -0.137. The van der Waals surface area contributed by atoms with Crippen LogP contribution in [0, 0.1) is 5.82 Å². The van der Waals surface area contributed by atoms with Crippen LogP contribution in [0.15, 0.2) is 35.7 Å². The number of thiophene rings is 1. The zero-order chi connectivity index (χ0) is 13.3. The van der Waals surface area contributed by atoms with E-state index < -0.39 is 23.6 Å². The van der Waals surface area contributed by atoms with Gasteiger partial charge in [0.25, 0.3) is 0 Å². The maximum atomic E-state index is 13.2. The fourth-order valence-electron chi connectivity index (χ4n) is 1.59. The van der Waals surface area contributed by atoms with Crippen LogP contribution in [0.5, 0.6) is 0 Å². The zero-order valence-electron chi connectivity index (χ0n) is 9.04. The fourth-order valence-corrected chi connectivity index (χ4v) is 2.34. The van der Waals surface area contributed by atoms with Crippen LogP contribution in [0.3, 0.4) is 0 Å². The second-order valence-corrected chi connectivity index (χ2v) is 4.74. The van der Waals surface area contributed by atoms with E-state index in [1.54, 1.807) is 17.5 Å². The van der Waals surface area contributed by atoms with Crippen LogP contribution in [0.2, 0.25) is 0 Å². The molecule has 0 fully saturated rings. The molecule has 0 unspecified atom stereocenters. The summed E-state index contributed by atoms with van der Waals surface area (Å²) in [5.74, 6) is -0.938. The van der Waals surface area contributed by atoms with Crippen molar-refractivity contribution >= 4 is 11.3 Å². The molecule has 6 heteroatoms. The Morgan fingerprint density at radius 3 is 2.44 bits per heavy atom. The minimum atomic E-state index is -4.58. The van der Waals surface area contributed by atoms with Gasteiger partial charge in [0.2, 0.25) is 0 Å². The van der Waals surface area contributed by atoms with Gasteiger partial charge in [0.15, 0.2) is 0 Å². The Balaban J connectivity index is 2.43. The summed E-state index contributed by atoms with van der Waals surface area (Å²) < 4.78 is 50.9. The molecule has 1 aromatic carbocycles. The molecule has 1 nitrogen and oxygen atoms in total. The van der Waals surface area contributed by atoms with E-state index in [0.717, 1.165) is 12.1 Å². The van der Waals surface area contributed by atoms with E-state index in [-0.39, 0.29) is 5.56 Å². The van der Waals surface area contributed by atoms with E-state index in [4.69, 9.17) is 5.73 Å². The number of alkyl halides is 3. The van der Waals surface area contributed by atoms with Gasteiger partial charge in [0.05, 0.1) is 11.6 Å². The Morgan fingerprint density at radius 2 is 1.89 bits per heavy atom. The summed E-state index contributed by atoms with van der Waals surface area (Å²) in [5, 5.41) is 1.76. The van der Waals surface area contributed by atoms with Crippen LogP contribution in [0.4, 0.5) is 17.6 Å². The van der Waals surface area contributed by atoms with Gasteiger partial charge in [-0.1, -0.05) is 6.07 Å². The smallest absolute Gasteiger partial charge is 0.320 e. The van der Waals surface area contributed by atoms with Gasteiger partial charge < -0.3 is 5.73 Å². The number of hydrogen-bond donors (Lipinski definition) is 1. The molecule has 0 saturated heterocycles. The molecule has 2 aromatic rings. The highest BCUT2D eigenvalue weighted by Gasteiger charge is 2.31. The van der Waals surface area contributed by atoms with Crippen LogP contribution in [-0.4, -0.2) is 0 Å². The Kier molecular flexibility index (Phi) is 3.41. The molecule has 0 spiro atoms. The van der Waals surface area contributed by atoms with Crippen LogP contribution < -0.4 is 5.73 Å². The first kappa shape index (κ1) is 13.0. The van der Waals surface area contributed by atoms with Gasteiger partial charge in [-0.05, 0) is 35.2 Å². The fraction of sp³-hybridized carbons (Fsp3) is 0.167.